The fourth-order valence-electron chi connectivity index (χ4n) is 1.22. The molecule has 0 saturated heterocycles. The number of aromatic nitrogens is 1. The van der Waals surface area contributed by atoms with Gasteiger partial charge in [0.15, 0.2) is 0 Å². The molecule has 0 aliphatic heterocycles. The Labute approximate surface area is 94.7 Å². The Bertz CT molecular complexity index is 294. The molecule has 1 atom stereocenters. The lowest BCUT2D eigenvalue weighted by Gasteiger charge is -2.13. The van der Waals surface area contributed by atoms with E-state index in [4.69, 9.17) is 0 Å². The van der Waals surface area contributed by atoms with Crippen molar-refractivity contribution in [2.75, 3.05) is 16.8 Å². The Kier molecular flexibility index (Phi) is 5.47. The van der Waals surface area contributed by atoms with Gasteiger partial charge in [-0.15, -0.1) is 0 Å². The summed E-state index contributed by atoms with van der Waals surface area (Å²) in [6.45, 7) is 4.24. The highest BCUT2D eigenvalue weighted by atomic mass is 32.2. The topological polar surface area (TPSA) is 24.9 Å². The largest absolute Gasteiger partial charge is 0.367 e. The molecule has 0 bridgehead atoms. The molecule has 1 N–H and O–H groups in total. The van der Waals surface area contributed by atoms with E-state index in [2.05, 4.69) is 24.1 Å². The van der Waals surface area contributed by atoms with Gasteiger partial charge < -0.3 is 5.32 Å². The molecule has 0 radical (unpaired) electrons. The molecule has 0 saturated carbocycles. The predicted molar refractivity (Wildman–Crippen MR) is 64.9 cm³/mol. The maximum Gasteiger partial charge on any atom is 0.214 e. The Morgan fingerprint density at radius 3 is 3.00 bits per heavy atom. The number of rotatable bonds is 6. The first kappa shape index (κ1) is 12.3. The summed E-state index contributed by atoms with van der Waals surface area (Å²) in [7, 11) is 0. The summed E-state index contributed by atoms with van der Waals surface area (Å²) >= 11 is 1.92. The Balaban J connectivity index is 2.34. The summed E-state index contributed by atoms with van der Waals surface area (Å²) in [5.41, 5.74) is 0. The number of anilines is 1. The van der Waals surface area contributed by atoms with Crippen LogP contribution in [0.1, 0.15) is 20.3 Å². The van der Waals surface area contributed by atoms with Crippen molar-refractivity contribution in [1.82, 2.24) is 4.98 Å². The van der Waals surface area contributed by atoms with E-state index in [1.807, 2.05) is 11.8 Å². The lowest BCUT2D eigenvalue weighted by molar-refractivity contribution is 0.583. The van der Waals surface area contributed by atoms with Crippen molar-refractivity contribution in [2.24, 2.45) is 0 Å². The van der Waals surface area contributed by atoms with Crippen molar-refractivity contribution in [3.63, 3.8) is 0 Å². The number of hydrogen-bond acceptors (Lipinski definition) is 3. The van der Waals surface area contributed by atoms with Crippen LogP contribution in [0.3, 0.4) is 0 Å². The molecule has 15 heavy (non-hydrogen) atoms. The first-order valence-electron chi connectivity index (χ1n) is 5.19. The molecular weight excluding hydrogens is 211 g/mol. The monoisotopic (exact) mass is 228 g/mol. The predicted octanol–water partition coefficient (Wildman–Crippen LogP) is 3.16. The van der Waals surface area contributed by atoms with Crippen LogP contribution >= 0.6 is 11.8 Å². The number of nitrogens with zero attached hydrogens (tertiary/aromatic N) is 1. The van der Waals surface area contributed by atoms with E-state index in [1.54, 1.807) is 12.1 Å². The van der Waals surface area contributed by atoms with Gasteiger partial charge in [0.2, 0.25) is 5.95 Å². The average molecular weight is 228 g/mol. The second-order valence-electron chi connectivity index (χ2n) is 3.38. The molecule has 0 aromatic carbocycles. The zero-order valence-corrected chi connectivity index (χ0v) is 9.98. The summed E-state index contributed by atoms with van der Waals surface area (Å²) in [6.07, 6.45) is 1.07. The first-order valence-corrected chi connectivity index (χ1v) is 6.34. The third kappa shape index (κ3) is 5.02. The van der Waals surface area contributed by atoms with Gasteiger partial charge in [-0.25, -0.2) is 4.98 Å². The maximum absolute atomic E-state index is 12.8. The van der Waals surface area contributed by atoms with E-state index >= 15 is 0 Å². The van der Waals surface area contributed by atoms with E-state index in [1.165, 1.54) is 6.07 Å². The van der Waals surface area contributed by atoms with E-state index in [-0.39, 0.29) is 0 Å². The van der Waals surface area contributed by atoms with Gasteiger partial charge in [0.1, 0.15) is 5.82 Å². The Morgan fingerprint density at radius 2 is 2.33 bits per heavy atom. The molecule has 1 aromatic heterocycles. The molecular formula is C11H17FN2S. The van der Waals surface area contributed by atoms with Crippen molar-refractivity contribution in [2.45, 2.75) is 26.3 Å². The van der Waals surface area contributed by atoms with Crippen LogP contribution in [0.25, 0.3) is 0 Å². The fourth-order valence-corrected chi connectivity index (χ4v) is 2.03. The zero-order valence-electron chi connectivity index (χ0n) is 9.16. The highest BCUT2D eigenvalue weighted by molar-refractivity contribution is 7.99. The SMILES string of the molecule is CCSCCC(C)Nc1cccc(F)n1. The molecule has 0 spiro atoms. The van der Waals surface area contributed by atoms with Crippen LogP contribution in [0.4, 0.5) is 10.2 Å². The maximum atomic E-state index is 12.8. The molecule has 2 nitrogen and oxygen atoms in total. The number of thioether (sulfide) groups is 1. The van der Waals surface area contributed by atoms with Gasteiger partial charge in [-0.05, 0) is 37.0 Å². The van der Waals surface area contributed by atoms with Crippen molar-refractivity contribution < 1.29 is 4.39 Å². The fraction of sp³-hybridized carbons (Fsp3) is 0.545. The number of halogens is 1. The van der Waals surface area contributed by atoms with Gasteiger partial charge >= 0.3 is 0 Å². The minimum Gasteiger partial charge on any atom is -0.367 e. The van der Waals surface area contributed by atoms with Crippen molar-refractivity contribution in [3.05, 3.63) is 24.1 Å². The van der Waals surface area contributed by atoms with E-state index < -0.39 is 5.95 Å². The highest BCUT2D eigenvalue weighted by Gasteiger charge is 2.03. The molecule has 1 aromatic rings. The van der Waals surface area contributed by atoms with E-state index in [0.717, 1.165) is 17.9 Å². The highest BCUT2D eigenvalue weighted by Crippen LogP contribution is 2.09. The molecule has 4 heteroatoms. The van der Waals surface area contributed by atoms with Gasteiger partial charge in [0, 0.05) is 6.04 Å². The van der Waals surface area contributed by atoms with Gasteiger partial charge in [-0.1, -0.05) is 13.0 Å². The van der Waals surface area contributed by atoms with Crippen LogP contribution in [-0.2, 0) is 0 Å². The van der Waals surface area contributed by atoms with Gasteiger partial charge in [0.05, 0.1) is 0 Å². The van der Waals surface area contributed by atoms with Crippen LogP contribution in [0.15, 0.2) is 18.2 Å². The van der Waals surface area contributed by atoms with E-state index in [0.29, 0.717) is 11.9 Å². The smallest absolute Gasteiger partial charge is 0.214 e. The van der Waals surface area contributed by atoms with Crippen LogP contribution in [0.2, 0.25) is 0 Å². The lowest BCUT2D eigenvalue weighted by Crippen LogP contribution is -2.17. The molecule has 1 heterocycles. The number of hydrogen-bond donors (Lipinski definition) is 1. The summed E-state index contributed by atoms with van der Waals surface area (Å²) in [5.74, 6) is 2.45. The summed E-state index contributed by atoms with van der Waals surface area (Å²) in [6, 6.07) is 5.13. The molecule has 0 fully saturated rings. The van der Waals surface area contributed by atoms with Gasteiger partial charge in [-0.3, -0.25) is 0 Å². The third-order valence-electron chi connectivity index (χ3n) is 2.01. The van der Waals surface area contributed by atoms with Crippen LogP contribution in [-0.4, -0.2) is 22.5 Å². The zero-order chi connectivity index (χ0) is 11.1. The normalized spacial score (nSPS) is 12.5. The van der Waals surface area contributed by atoms with Crippen molar-refractivity contribution in [3.8, 4) is 0 Å². The second kappa shape index (κ2) is 6.67. The summed E-state index contributed by atoms with van der Waals surface area (Å²) in [5, 5.41) is 3.18. The molecule has 0 aliphatic carbocycles. The third-order valence-corrected chi connectivity index (χ3v) is 2.94. The molecule has 1 rings (SSSR count). The quantitative estimate of drug-likeness (QED) is 0.598. The number of pyridine rings is 1. The number of nitrogens with one attached hydrogen (secondary N) is 1. The van der Waals surface area contributed by atoms with Gasteiger partial charge in [-0.2, -0.15) is 16.2 Å². The second-order valence-corrected chi connectivity index (χ2v) is 4.77. The van der Waals surface area contributed by atoms with Gasteiger partial charge in [0.25, 0.3) is 0 Å². The molecule has 1 unspecified atom stereocenters. The standard InChI is InChI=1S/C11H17FN2S/c1-3-15-8-7-9(2)13-11-6-4-5-10(12)14-11/h4-6,9H,3,7-8H2,1-2H3,(H,13,14). The van der Waals surface area contributed by atoms with Crippen LogP contribution in [0, 0.1) is 5.95 Å². The van der Waals surface area contributed by atoms with Crippen LogP contribution < -0.4 is 5.32 Å². The van der Waals surface area contributed by atoms with Crippen molar-refractivity contribution >= 4 is 17.6 Å². The minimum atomic E-state index is -0.435. The molecule has 84 valence electrons. The molecule has 0 aliphatic rings. The Morgan fingerprint density at radius 1 is 1.53 bits per heavy atom. The average Bonchev–Trinajstić information content (AvgIpc) is 2.18. The summed E-state index contributed by atoms with van der Waals surface area (Å²) < 4.78 is 12.8. The minimum absolute atomic E-state index is 0.332. The van der Waals surface area contributed by atoms with Crippen molar-refractivity contribution in [1.29, 1.82) is 0 Å². The Hall–Kier alpha value is -0.770. The first-order chi connectivity index (χ1) is 7.22. The lowest BCUT2D eigenvalue weighted by atomic mass is 10.2. The summed E-state index contributed by atoms with van der Waals surface area (Å²) in [4.78, 5) is 3.76. The molecule has 0 amide bonds. The van der Waals surface area contributed by atoms with E-state index in [9.17, 15) is 4.39 Å². The van der Waals surface area contributed by atoms with Crippen LogP contribution in [0.5, 0.6) is 0 Å².